The lowest BCUT2D eigenvalue weighted by Crippen LogP contribution is -2.41. The highest BCUT2D eigenvalue weighted by atomic mass is 16.4. The summed E-state index contributed by atoms with van der Waals surface area (Å²) in [5, 5.41) is 14.1. The van der Waals surface area contributed by atoms with Crippen LogP contribution in [0.1, 0.15) is 30.9 Å². The van der Waals surface area contributed by atoms with Crippen LogP contribution >= 0.6 is 0 Å². The standard InChI is InChI=1S/C17H21NO3/c1-3-12-8-6-7-11(2)15(12)18-16(19)13-9-4-5-10-14(13)17(20)21/h4-8,13-14H,3,9-10H2,1-2H3,(H,18,19)(H,20,21)/p-1/t13-,14-/m0/s1. The van der Waals surface area contributed by atoms with Crippen LogP contribution < -0.4 is 10.4 Å². The number of hydrogen-bond acceptors (Lipinski definition) is 3. The third-order valence-corrected chi connectivity index (χ3v) is 4.06. The summed E-state index contributed by atoms with van der Waals surface area (Å²) >= 11 is 0. The van der Waals surface area contributed by atoms with Gasteiger partial charge in [0, 0.05) is 17.6 Å². The van der Waals surface area contributed by atoms with Gasteiger partial charge in [0.15, 0.2) is 0 Å². The van der Waals surface area contributed by atoms with Gasteiger partial charge in [-0.25, -0.2) is 0 Å². The van der Waals surface area contributed by atoms with E-state index in [2.05, 4.69) is 5.32 Å². The predicted octanol–water partition coefficient (Wildman–Crippen LogP) is 1.83. The van der Waals surface area contributed by atoms with Gasteiger partial charge in [0.2, 0.25) is 5.91 Å². The van der Waals surface area contributed by atoms with Crippen LogP contribution in [0.5, 0.6) is 0 Å². The van der Waals surface area contributed by atoms with Crippen molar-refractivity contribution in [3.05, 3.63) is 41.5 Å². The Morgan fingerprint density at radius 2 is 1.90 bits per heavy atom. The molecule has 112 valence electrons. The van der Waals surface area contributed by atoms with E-state index in [1.807, 2.05) is 38.1 Å². The molecule has 1 aliphatic carbocycles. The van der Waals surface area contributed by atoms with Crippen molar-refractivity contribution in [2.24, 2.45) is 11.8 Å². The molecule has 0 fully saturated rings. The van der Waals surface area contributed by atoms with Crippen LogP contribution in [0.15, 0.2) is 30.4 Å². The number of carboxylic acid groups (broad SMARTS) is 1. The molecule has 0 bridgehead atoms. The van der Waals surface area contributed by atoms with E-state index in [4.69, 9.17) is 0 Å². The van der Waals surface area contributed by atoms with E-state index in [0.717, 1.165) is 23.2 Å². The summed E-state index contributed by atoms with van der Waals surface area (Å²) in [5.41, 5.74) is 2.84. The van der Waals surface area contributed by atoms with Crippen LogP contribution in [0, 0.1) is 18.8 Å². The maximum absolute atomic E-state index is 12.5. The maximum Gasteiger partial charge on any atom is 0.228 e. The number of hydrogen-bond donors (Lipinski definition) is 1. The van der Waals surface area contributed by atoms with Gasteiger partial charge in [-0.3, -0.25) is 4.79 Å². The monoisotopic (exact) mass is 286 g/mol. The molecule has 0 spiro atoms. The van der Waals surface area contributed by atoms with Crippen LogP contribution in [-0.4, -0.2) is 11.9 Å². The van der Waals surface area contributed by atoms with Gasteiger partial charge in [0.1, 0.15) is 0 Å². The van der Waals surface area contributed by atoms with Crippen molar-refractivity contribution in [3.8, 4) is 0 Å². The smallest absolute Gasteiger partial charge is 0.228 e. The minimum Gasteiger partial charge on any atom is -0.550 e. The Labute approximate surface area is 124 Å². The predicted molar refractivity (Wildman–Crippen MR) is 79.5 cm³/mol. The number of carboxylic acids is 1. The fraction of sp³-hybridized carbons (Fsp3) is 0.412. The Bertz CT molecular complexity index is 577. The molecule has 1 aliphatic rings. The fourth-order valence-electron chi connectivity index (χ4n) is 2.78. The fourth-order valence-corrected chi connectivity index (χ4v) is 2.78. The van der Waals surface area contributed by atoms with Crippen molar-refractivity contribution in [1.29, 1.82) is 0 Å². The first-order valence-corrected chi connectivity index (χ1v) is 7.29. The van der Waals surface area contributed by atoms with E-state index >= 15 is 0 Å². The first-order valence-electron chi connectivity index (χ1n) is 7.29. The summed E-state index contributed by atoms with van der Waals surface area (Å²) < 4.78 is 0. The van der Waals surface area contributed by atoms with Crippen molar-refractivity contribution >= 4 is 17.6 Å². The van der Waals surface area contributed by atoms with Crippen LogP contribution in [0.25, 0.3) is 0 Å². The number of rotatable bonds is 4. The average molecular weight is 286 g/mol. The summed E-state index contributed by atoms with van der Waals surface area (Å²) in [5.74, 6) is -2.70. The molecule has 1 amide bonds. The lowest BCUT2D eigenvalue weighted by molar-refractivity contribution is -0.313. The van der Waals surface area contributed by atoms with Crippen molar-refractivity contribution in [3.63, 3.8) is 0 Å². The number of benzene rings is 1. The highest BCUT2D eigenvalue weighted by molar-refractivity contribution is 5.96. The van der Waals surface area contributed by atoms with Crippen LogP contribution in [0.2, 0.25) is 0 Å². The van der Waals surface area contributed by atoms with Gasteiger partial charge < -0.3 is 15.2 Å². The van der Waals surface area contributed by atoms with Gasteiger partial charge >= 0.3 is 0 Å². The van der Waals surface area contributed by atoms with Crippen molar-refractivity contribution < 1.29 is 14.7 Å². The molecule has 1 N–H and O–H groups in total. The number of aliphatic carboxylic acids is 1. The van der Waals surface area contributed by atoms with Gasteiger partial charge in [-0.05, 0) is 37.3 Å². The number of nitrogens with one attached hydrogen (secondary N) is 1. The third kappa shape index (κ3) is 3.32. The minimum atomic E-state index is -1.15. The van der Waals surface area contributed by atoms with E-state index in [-0.39, 0.29) is 5.91 Å². The van der Waals surface area contributed by atoms with E-state index < -0.39 is 17.8 Å². The van der Waals surface area contributed by atoms with Crippen molar-refractivity contribution in [2.45, 2.75) is 33.1 Å². The molecule has 0 aromatic heterocycles. The molecule has 4 heteroatoms. The zero-order chi connectivity index (χ0) is 15.4. The largest absolute Gasteiger partial charge is 0.550 e. The molecule has 0 aliphatic heterocycles. The zero-order valence-corrected chi connectivity index (χ0v) is 12.4. The van der Waals surface area contributed by atoms with Gasteiger partial charge in [0.25, 0.3) is 0 Å². The molecule has 4 nitrogen and oxygen atoms in total. The van der Waals surface area contributed by atoms with Crippen LogP contribution in [0.3, 0.4) is 0 Å². The number of anilines is 1. The molecular formula is C17H20NO3-. The van der Waals surface area contributed by atoms with Crippen LogP contribution in [-0.2, 0) is 16.0 Å². The average Bonchev–Trinajstić information content (AvgIpc) is 2.49. The van der Waals surface area contributed by atoms with E-state index in [0.29, 0.717) is 12.8 Å². The van der Waals surface area contributed by atoms with Crippen LogP contribution in [0.4, 0.5) is 5.69 Å². The Morgan fingerprint density at radius 1 is 1.24 bits per heavy atom. The van der Waals surface area contributed by atoms with E-state index in [1.54, 1.807) is 6.08 Å². The Balaban J connectivity index is 2.21. The van der Waals surface area contributed by atoms with Gasteiger partial charge in [-0.2, -0.15) is 0 Å². The zero-order valence-electron chi connectivity index (χ0n) is 12.4. The Morgan fingerprint density at radius 3 is 2.52 bits per heavy atom. The Hall–Kier alpha value is -2.10. The first kappa shape index (κ1) is 15.3. The first-order chi connectivity index (χ1) is 10.0. The molecular weight excluding hydrogens is 266 g/mol. The number of para-hydroxylation sites is 1. The van der Waals surface area contributed by atoms with E-state index in [9.17, 15) is 14.7 Å². The summed E-state index contributed by atoms with van der Waals surface area (Å²) in [7, 11) is 0. The molecule has 2 atom stereocenters. The summed E-state index contributed by atoms with van der Waals surface area (Å²) in [4.78, 5) is 23.7. The number of carbonyl (C=O) groups excluding carboxylic acids is 2. The van der Waals surface area contributed by atoms with Gasteiger partial charge in [-0.15, -0.1) is 0 Å². The molecule has 0 saturated carbocycles. The second kappa shape index (κ2) is 6.57. The molecule has 2 rings (SSSR count). The van der Waals surface area contributed by atoms with E-state index in [1.165, 1.54) is 0 Å². The molecule has 1 aromatic rings. The summed E-state index contributed by atoms with van der Waals surface area (Å²) in [6.07, 6.45) is 5.27. The number of amides is 1. The highest BCUT2D eigenvalue weighted by Gasteiger charge is 2.30. The highest BCUT2D eigenvalue weighted by Crippen LogP contribution is 2.28. The molecule has 0 heterocycles. The normalized spacial score (nSPS) is 21.0. The molecule has 0 unspecified atom stereocenters. The summed E-state index contributed by atoms with van der Waals surface area (Å²) in [6, 6.07) is 5.86. The number of aryl methyl sites for hydroxylation is 2. The molecule has 21 heavy (non-hydrogen) atoms. The topological polar surface area (TPSA) is 69.2 Å². The second-order valence-corrected chi connectivity index (χ2v) is 5.43. The molecule has 0 radical (unpaired) electrons. The molecule has 1 aromatic carbocycles. The lowest BCUT2D eigenvalue weighted by atomic mass is 9.82. The Kier molecular flexibility index (Phi) is 4.78. The van der Waals surface area contributed by atoms with Gasteiger partial charge in [0.05, 0.1) is 5.92 Å². The number of allylic oxidation sites excluding steroid dienone is 2. The number of carbonyl (C=O) groups is 2. The third-order valence-electron chi connectivity index (χ3n) is 4.06. The molecule has 0 saturated heterocycles. The van der Waals surface area contributed by atoms with Gasteiger partial charge in [-0.1, -0.05) is 37.3 Å². The lowest BCUT2D eigenvalue weighted by Gasteiger charge is -2.28. The summed E-state index contributed by atoms with van der Waals surface area (Å²) in [6.45, 7) is 3.96. The SMILES string of the molecule is CCc1cccc(C)c1NC(=O)[C@H]1CC=CC[C@@H]1C(=O)[O-]. The quantitative estimate of drug-likeness (QED) is 0.858. The minimum absolute atomic E-state index is 0.238. The second-order valence-electron chi connectivity index (χ2n) is 5.43. The maximum atomic E-state index is 12.5. The van der Waals surface area contributed by atoms with Crippen molar-refractivity contribution in [2.75, 3.05) is 5.32 Å². The van der Waals surface area contributed by atoms with Crippen molar-refractivity contribution in [1.82, 2.24) is 0 Å².